The van der Waals surface area contributed by atoms with Crippen LogP contribution in [0.2, 0.25) is 0 Å². The van der Waals surface area contributed by atoms with E-state index in [1.807, 2.05) is 24.3 Å². The summed E-state index contributed by atoms with van der Waals surface area (Å²) >= 11 is 0. The number of hydrogen-bond donors (Lipinski definition) is 1. The Kier molecular flexibility index (Phi) is 4.72. The van der Waals surface area contributed by atoms with E-state index >= 15 is 0 Å². The maximum absolute atomic E-state index is 12.8. The van der Waals surface area contributed by atoms with Gasteiger partial charge in [-0.3, -0.25) is 4.79 Å². The SMILES string of the molecule is CC(C)CCOc1ccc([C@H]2C3=C(C[C@@H](C)CC3=O)Nc3ncnn32)cc1. The van der Waals surface area contributed by atoms with Gasteiger partial charge in [0.05, 0.1) is 6.61 Å². The van der Waals surface area contributed by atoms with Crippen LogP contribution in [0.3, 0.4) is 0 Å². The van der Waals surface area contributed by atoms with Gasteiger partial charge in [0.15, 0.2) is 5.78 Å². The fourth-order valence-corrected chi connectivity index (χ4v) is 3.81. The molecule has 0 spiro atoms. The number of Topliss-reactive ketones (excluding diaryl/α,β-unsaturated/α-hetero) is 1. The number of carbonyl (C=O) groups excluding carboxylic acids is 1. The molecule has 0 fully saturated rings. The standard InChI is InChI=1S/C21H26N4O2/c1-13(2)8-9-27-16-6-4-15(5-7-16)20-19-17(10-14(3)11-18(19)26)24-21-22-12-23-25(20)21/h4-7,12-14,20H,8-11H2,1-3H3,(H,22,23,24)/t14-,20+/m1/s1. The molecule has 1 N–H and O–H groups in total. The molecule has 0 radical (unpaired) electrons. The molecule has 1 aliphatic heterocycles. The Morgan fingerprint density at radius 1 is 1.26 bits per heavy atom. The molecule has 142 valence electrons. The predicted octanol–water partition coefficient (Wildman–Crippen LogP) is 3.97. The van der Waals surface area contributed by atoms with Crippen molar-refractivity contribution < 1.29 is 9.53 Å². The smallest absolute Gasteiger partial charge is 0.226 e. The van der Waals surface area contributed by atoms with E-state index in [1.54, 1.807) is 4.68 Å². The van der Waals surface area contributed by atoms with Crippen LogP contribution in [-0.4, -0.2) is 27.2 Å². The number of nitrogens with one attached hydrogen (secondary N) is 1. The summed E-state index contributed by atoms with van der Waals surface area (Å²) in [6.45, 7) is 7.20. The summed E-state index contributed by atoms with van der Waals surface area (Å²) in [6.07, 6.45) is 4.00. The number of carbonyl (C=O) groups is 1. The molecule has 2 heterocycles. The van der Waals surface area contributed by atoms with Crippen LogP contribution in [-0.2, 0) is 4.79 Å². The van der Waals surface area contributed by atoms with E-state index in [4.69, 9.17) is 4.74 Å². The molecule has 2 atom stereocenters. The van der Waals surface area contributed by atoms with Crippen molar-refractivity contribution in [3.05, 3.63) is 47.4 Å². The van der Waals surface area contributed by atoms with Crippen LogP contribution in [0, 0.1) is 11.8 Å². The number of ether oxygens (including phenoxy) is 1. The van der Waals surface area contributed by atoms with Gasteiger partial charge >= 0.3 is 0 Å². The van der Waals surface area contributed by atoms with Gasteiger partial charge in [0.25, 0.3) is 0 Å². The lowest BCUT2D eigenvalue weighted by Gasteiger charge is -2.34. The molecule has 2 aliphatic rings. The average molecular weight is 366 g/mol. The minimum absolute atomic E-state index is 0.194. The summed E-state index contributed by atoms with van der Waals surface area (Å²) in [5.41, 5.74) is 2.83. The van der Waals surface area contributed by atoms with Crippen LogP contribution in [0.5, 0.6) is 5.75 Å². The van der Waals surface area contributed by atoms with Crippen molar-refractivity contribution >= 4 is 11.7 Å². The Balaban J connectivity index is 1.64. The second kappa shape index (κ2) is 7.18. The number of anilines is 1. The topological polar surface area (TPSA) is 69.0 Å². The third-order valence-electron chi connectivity index (χ3n) is 5.23. The van der Waals surface area contributed by atoms with E-state index in [2.05, 4.69) is 36.2 Å². The first-order chi connectivity index (χ1) is 13.0. The first-order valence-corrected chi connectivity index (χ1v) is 9.68. The Morgan fingerprint density at radius 3 is 2.78 bits per heavy atom. The maximum Gasteiger partial charge on any atom is 0.226 e. The highest BCUT2D eigenvalue weighted by molar-refractivity contribution is 5.99. The van der Waals surface area contributed by atoms with Crippen molar-refractivity contribution in [2.75, 3.05) is 11.9 Å². The first kappa shape index (κ1) is 17.8. The second-order valence-electron chi connectivity index (χ2n) is 7.98. The van der Waals surface area contributed by atoms with E-state index < -0.39 is 0 Å². The van der Waals surface area contributed by atoms with Gasteiger partial charge in [0, 0.05) is 17.7 Å². The molecular weight excluding hydrogens is 340 g/mol. The summed E-state index contributed by atoms with van der Waals surface area (Å²) in [5, 5.41) is 7.69. The second-order valence-corrected chi connectivity index (χ2v) is 7.98. The number of fused-ring (bicyclic) bond motifs is 1. The molecule has 2 aromatic rings. The van der Waals surface area contributed by atoms with E-state index in [0.717, 1.165) is 35.4 Å². The van der Waals surface area contributed by atoms with Crippen LogP contribution in [0.1, 0.15) is 51.6 Å². The van der Waals surface area contributed by atoms with Gasteiger partial charge in [-0.25, -0.2) is 4.68 Å². The van der Waals surface area contributed by atoms with E-state index in [-0.39, 0.29) is 11.8 Å². The lowest BCUT2D eigenvalue weighted by Crippen LogP contribution is -2.33. The Morgan fingerprint density at radius 2 is 2.04 bits per heavy atom. The zero-order chi connectivity index (χ0) is 19.0. The number of rotatable bonds is 5. The van der Waals surface area contributed by atoms with Crippen molar-refractivity contribution in [1.82, 2.24) is 14.8 Å². The molecule has 0 bridgehead atoms. The first-order valence-electron chi connectivity index (χ1n) is 9.68. The Labute approximate surface area is 159 Å². The molecule has 27 heavy (non-hydrogen) atoms. The predicted molar refractivity (Wildman–Crippen MR) is 104 cm³/mol. The summed E-state index contributed by atoms with van der Waals surface area (Å²) < 4.78 is 7.64. The number of benzene rings is 1. The molecule has 6 nitrogen and oxygen atoms in total. The van der Waals surface area contributed by atoms with Gasteiger partial charge < -0.3 is 10.1 Å². The highest BCUT2D eigenvalue weighted by Crippen LogP contribution is 2.41. The minimum atomic E-state index is -0.233. The summed E-state index contributed by atoms with van der Waals surface area (Å²) in [5.74, 6) is 2.70. The van der Waals surface area contributed by atoms with Gasteiger partial charge in [0.1, 0.15) is 18.1 Å². The van der Waals surface area contributed by atoms with Crippen LogP contribution >= 0.6 is 0 Å². The molecule has 0 saturated heterocycles. The molecular formula is C21H26N4O2. The zero-order valence-corrected chi connectivity index (χ0v) is 16.1. The van der Waals surface area contributed by atoms with Crippen molar-refractivity contribution in [2.45, 2.75) is 46.1 Å². The van der Waals surface area contributed by atoms with Crippen LogP contribution < -0.4 is 10.1 Å². The van der Waals surface area contributed by atoms with E-state index in [9.17, 15) is 4.79 Å². The van der Waals surface area contributed by atoms with Crippen molar-refractivity contribution in [3.63, 3.8) is 0 Å². The molecule has 1 aromatic carbocycles. The third kappa shape index (κ3) is 3.48. The number of aromatic nitrogens is 3. The monoisotopic (exact) mass is 366 g/mol. The molecule has 0 unspecified atom stereocenters. The largest absolute Gasteiger partial charge is 0.494 e. The molecule has 0 amide bonds. The summed E-state index contributed by atoms with van der Waals surface area (Å²) in [7, 11) is 0. The summed E-state index contributed by atoms with van der Waals surface area (Å²) in [4.78, 5) is 17.2. The molecule has 4 rings (SSSR count). The Bertz CT molecular complexity index is 867. The number of hydrogen-bond acceptors (Lipinski definition) is 5. The van der Waals surface area contributed by atoms with Crippen molar-refractivity contribution in [3.8, 4) is 5.75 Å². The molecule has 0 saturated carbocycles. The van der Waals surface area contributed by atoms with Crippen molar-refractivity contribution in [1.29, 1.82) is 0 Å². The number of nitrogens with zero attached hydrogens (tertiary/aromatic N) is 3. The lowest BCUT2D eigenvalue weighted by molar-refractivity contribution is -0.117. The van der Waals surface area contributed by atoms with Gasteiger partial charge in [-0.1, -0.05) is 32.9 Å². The fraction of sp³-hybridized carbons (Fsp3) is 0.476. The number of ketones is 1. The van der Waals surface area contributed by atoms with Gasteiger partial charge in [0.2, 0.25) is 5.95 Å². The fourth-order valence-electron chi connectivity index (χ4n) is 3.81. The van der Waals surface area contributed by atoms with Gasteiger partial charge in [-0.15, -0.1) is 0 Å². The maximum atomic E-state index is 12.8. The highest BCUT2D eigenvalue weighted by atomic mass is 16.5. The van der Waals surface area contributed by atoms with Crippen molar-refractivity contribution in [2.24, 2.45) is 11.8 Å². The van der Waals surface area contributed by atoms with Crippen LogP contribution in [0.25, 0.3) is 0 Å². The molecule has 6 heteroatoms. The molecule has 1 aliphatic carbocycles. The van der Waals surface area contributed by atoms with Crippen LogP contribution in [0.4, 0.5) is 5.95 Å². The summed E-state index contributed by atoms with van der Waals surface area (Å²) in [6, 6.07) is 7.78. The van der Waals surface area contributed by atoms with Gasteiger partial charge in [-0.2, -0.15) is 10.1 Å². The highest BCUT2D eigenvalue weighted by Gasteiger charge is 2.37. The normalized spacial score (nSPS) is 21.7. The lowest BCUT2D eigenvalue weighted by atomic mass is 9.81. The number of allylic oxidation sites excluding steroid dienone is 2. The molecule has 1 aromatic heterocycles. The van der Waals surface area contributed by atoms with Gasteiger partial charge in [-0.05, 0) is 42.4 Å². The van der Waals surface area contributed by atoms with Crippen LogP contribution in [0.15, 0.2) is 41.9 Å². The van der Waals surface area contributed by atoms with E-state index in [1.165, 1.54) is 6.33 Å². The van der Waals surface area contributed by atoms with E-state index in [0.29, 0.717) is 30.8 Å². The minimum Gasteiger partial charge on any atom is -0.494 e. The Hall–Kier alpha value is -2.63. The quantitative estimate of drug-likeness (QED) is 0.867. The zero-order valence-electron chi connectivity index (χ0n) is 16.1. The third-order valence-corrected chi connectivity index (χ3v) is 5.23. The average Bonchev–Trinajstić information content (AvgIpc) is 3.08.